The number of benzene rings is 1. The molecule has 4 nitrogen and oxygen atoms in total. The molecule has 0 aliphatic carbocycles. The van der Waals surface area contributed by atoms with E-state index >= 15 is 0 Å². The summed E-state index contributed by atoms with van der Waals surface area (Å²) in [5.41, 5.74) is 7.37. The average molecular weight is 298 g/mol. The zero-order chi connectivity index (χ0) is 12.3. The first kappa shape index (κ1) is 12.4. The van der Waals surface area contributed by atoms with E-state index in [1.165, 1.54) is 0 Å². The van der Waals surface area contributed by atoms with Gasteiger partial charge in [0.25, 0.3) is 0 Å². The highest BCUT2D eigenvalue weighted by molar-refractivity contribution is 9.10. The summed E-state index contributed by atoms with van der Waals surface area (Å²) in [6.07, 6.45) is 1.05. The number of ether oxygens (including phenoxy) is 1. The van der Waals surface area contributed by atoms with Crippen LogP contribution in [0.3, 0.4) is 0 Å². The van der Waals surface area contributed by atoms with Gasteiger partial charge in [0.1, 0.15) is 5.84 Å². The van der Waals surface area contributed by atoms with Crippen LogP contribution in [0.5, 0.6) is 0 Å². The number of amidine groups is 1. The van der Waals surface area contributed by atoms with Gasteiger partial charge < -0.3 is 15.4 Å². The van der Waals surface area contributed by atoms with Crippen LogP contribution >= 0.6 is 15.9 Å². The number of anilines is 1. The van der Waals surface area contributed by atoms with E-state index in [-0.39, 0.29) is 5.84 Å². The maximum absolute atomic E-state index is 7.44. The van der Waals surface area contributed by atoms with Crippen LogP contribution in [-0.4, -0.2) is 32.1 Å². The fraction of sp³-hybridized carbons (Fsp3) is 0.417. The van der Waals surface area contributed by atoms with Crippen molar-refractivity contribution >= 4 is 27.5 Å². The van der Waals surface area contributed by atoms with E-state index in [2.05, 4.69) is 20.8 Å². The molecule has 2 rings (SSSR count). The van der Waals surface area contributed by atoms with Gasteiger partial charge in [0.05, 0.1) is 6.61 Å². The quantitative estimate of drug-likeness (QED) is 0.648. The van der Waals surface area contributed by atoms with Gasteiger partial charge >= 0.3 is 0 Å². The Labute approximate surface area is 109 Å². The lowest BCUT2D eigenvalue weighted by atomic mass is 10.2. The summed E-state index contributed by atoms with van der Waals surface area (Å²) >= 11 is 3.46. The molecule has 92 valence electrons. The lowest BCUT2D eigenvalue weighted by Crippen LogP contribution is -2.26. The summed E-state index contributed by atoms with van der Waals surface area (Å²) in [4.78, 5) is 2.29. The van der Waals surface area contributed by atoms with Crippen molar-refractivity contribution < 1.29 is 4.74 Å². The normalized spacial score (nSPS) is 16.6. The minimum absolute atomic E-state index is 0.0858. The monoisotopic (exact) mass is 297 g/mol. The zero-order valence-corrected chi connectivity index (χ0v) is 11.2. The Morgan fingerprint density at radius 2 is 2.18 bits per heavy atom. The maximum Gasteiger partial charge on any atom is 0.123 e. The van der Waals surface area contributed by atoms with Gasteiger partial charge in [0.15, 0.2) is 0 Å². The molecule has 17 heavy (non-hydrogen) atoms. The Morgan fingerprint density at radius 3 is 2.88 bits per heavy atom. The molecule has 1 fully saturated rings. The second-order valence-electron chi connectivity index (χ2n) is 4.03. The average Bonchev–Trinajstić information content (AvgIpc) is 2.56. The van der Waals surface area contributed by atoms with Crippen molar-refractivity contribution in [2.24, 2.45) is 5.73 Å². The summed E-state index contributed by atoms with van der Waals surface area (Å²) in [5.74, 6) is 0.0858. The Balaban J connectivity index is 2.21. The fourth-order valence-electron chi connectivity index (χ4n) is 1.92. The molecule has 5 heteroatoms. The molecule has 3 N–H and O–H groups in total. The van der Waals surface area contributed by atoms with Gasteiger partial charge in [-0.3, -0.25) is 5.41 Å². The van der Waals surface area contributed by atoms with Crippen molar-refractivity contribution in [1.29, 1.82) is 5.41 Å². The van der Waals surface area contributed by atoms with Crippen molar-refractivity contribution in [2.75, 3.05) is 31.2 Å². The first-order valence-electron chi connectivity index (χ1n) is 5.65. The van der Waals surface area contributed by atoms with Crippen molar-refractivity contribution in [1.82, 2.24) is 0 Å². The second kappa shape index (κ2) is 5.51. The van der Waals surface area contributed by atoms with Crippen LogP contribution in [0.25, 0.3) is 0 Å². The van der Waals surface area contributed by atoms with Crippen LogP contribution in [0.2, 0.25) is 0 Å². The molecule has 0 saturated carbocycles. The number of nitrogen functional groups attached to an aromatic ring is 1. The van der Waals surface area contributed by atoms with Gasteiger partial charge in [0.2, 0.25) is 0 Å². The molecule has 0 amide bonds. The number of nitrogens with one attached hydrogen (secondary N) is 1. The van der Waals surface area contributed by atoms with Gasteiger partial charge in [-0.2, -0.15) is 0 Å². The summed E-state index contributed by atoms with van der Waals surface area (Å²) in [7, 11) is 0. The minimum atomic E-state index is 0.0858. The number of halogens is 1. The van der Waals surface area contributed by atoms with Gasteiger partial charge in [0, 0.05) is 35.4 Å². The predicted molar refractivity (Wildman–Crippen MR) is 72.8 cm³/mol. The standard InChI is InChI=1S/C12H16BrN3O/c13-11-8-9(2-3-10(11)12(14)15)16-4-1-6-17-7-5-16/h2-3,8H,1,4-7H2,(H3,14,15). The van der Waals surface area contributed by atoms with Gasteiger partial charge in [-0.1, -0.05) is 0 Å². The van der Waals surface area contributed by atoms with Gasteiger partial charge in [-0.05, 0) is 40.5 Å². The van der Waals surface area contributed by atoms with E-state index in [0.717, 1.165) is 48.4 Å². The molecule has 0 bridgehead atoms. The Bertz CT molecular complexity index is 414. The molecule has 1 aromatic carbocycles. The third-order valence-electron chi connectivity index (χ3n) is 2.83. The second-order valence-corrected chi connectivity index (χ2v) is 4.89. The zero-order valence-electron chi connectivity index (χ0n) is 9.58. The molecular weight excluding hydrogens is 282 g/mol. The van der Waals surface area contributed by atoms with Crippen molar-refractivity contribution in [3.63, 3.8) is 0 Å². The van der Waals surface area contributed by atoms with Crippen molar-refractivity contribution in [2.45, 2.75) is 6.42 Å². The van der Waals surface area contributed by atoms with Crippen LogP contribution in [0.1, 0.15) is 12.0 Å². The van der Waals surface area contributed by atoms with Gasteiger partial charge in [-0.15, -0.1) is 0 Å². The molecule has 1 heterocycles. The van der Waals surface area contributed by atoms with Crippen LogP contribution < -0.4 is 10.6 Å². The maximum atomic E-state index is 7.44. The SMILES string of the molecule is N=C(N)c1ccc(N2CCCOCC2)cc1Br. The van der Waals surface area contributed by atoms with Crippen LogP contribution in [0, 0.1) is 5.41 Å². The molecular formula is C12H16BrN3O. The molecule has 0 radical (unpaired) electrons. The predicted octanol–water partition coefficient (Wildman–Crippen LogP) is 1.96. The highest BCUT2D eigenvalue weighted by Gasteiger charge is 2.12. The van der Waals surface area contributed by atoms with E-state index in [4.69, 9.17) is 15.9 Å². The van der Waals surface area contributed by atoms with Crippen LogP contribution in [-0.2, 0) is 4.74 Å². The topological polar surface area (TPSA) is 62.3 Å². The third kappa shape index (κ3) is 2.98. The van der Waals surface area contributed by atoms with E-state index in [0.29, 0.717) is 0 Å². The van der Waals surface area contributed by atoms with E-state index < -0.39 is 0 Å². The number of hydrogen-bond acceptors (Lipinski definition) is 3. The molecule has 0 aromatic heterocycles. The number of rotatable bonds is 2. The summed E-state index contributed by atoms with van der Waals surface area (Å²) in [6.45, 7) is 3.52. The first-order valence-corrected chi connectivity index (χ1v) is 6.44. The molecule has 1 saturated heterocycles. The molecule has 1 aliphatic rings. The lowest BCUT2D eigenvalue weighted by Gasteiger charge is -2.22. The fourth-order valence-corrected chi connectivity index (χ4v) is 2.50. The molecule has 1 aromatic rings. The lowest BCUT2D eigenvalue weighted by molar-refractivity contribution is 0.152. The van der Waals surface area contributed by atoms with E-state index in [1.807, 2.05) is 18.2 Å². The smallest absolute Gasteiger partial charge is 0.123 e. The molecule has 0 unspecified atom stereocenters. The number of hydrogen-bond donors (Lipinski definition) is 2. The van der Waals surface area contributed by atoms with E-state index in [9.17, 15) is 0 Å². The number of nitrogens with zero attached hydrogens (tertiary/aromatic N) is 1. The van der Waals surface area contributed by atoms with Crippen LogP contribution in [0.15, 0.2) is 22.7 Å². The van der Waals surface area contributed by atoms with Gasteiger partial charge in [-0.25, -0.2) is 0 Å². The third-order valence-corrected chi connectivity index (χ3v) is 3.49. The summed E-state index contributed by atoms with van der Waals surface area (Å²) in [6, 6.07) is 5.91. The molecule has 0 spiro atoms. The Kier molecular flexibility index (Phi) is 4.02. The summed E-state index contributed by atoms with van der Waals surface area (Å²) < 4.78 is 6.30. The minimum Gasteiger partial charge on any atom is -0.384 e. The summed E-state index contributed by atoms with van der Waals surface area (Å²) in [5, 5.41) is 7.44. The Hall–Kier alpha value is -1.07. The highest BCUT2D eigenvalue weighted by Crippen LogP contribution is 2.24. The van der Waals surface area contributed by atoms with Crippen molar-refractivity contribution in [3.8, 4) is 0 Å². The molecule has 0 atom stereocenters. The van der Waals surface area contributed by atoms with Crippen molar-refractivity contribution in [3.05, 3.63) is 28.2 Å². The largest absolute Gasteiger partial charge is 0.384 e. The first-order chi connectivity index (χ1) is 8.18. The molecule has 1 aliphatic heterocycles. The highest BCUT2D eigenvalue weighted by atomic mass is 79.9. The number of nitrogens with two attached hydrogens (primary N) is 1. The van der Waals surface area contributed by atoms with Crippen LogP contribution in [0.4, 0.5) is 5.69 Å². The Morgan fingerprint density at radius 1 is 1.35 bits per heavy atom. The van der Waals surface area contributed by atoms with E-state index in [1.54, 1.807) is 0 Å².